The quantitative estimate of drug-likeness (QED) is 0.877. The van der Waals surface area contributed by atoms with Crippen molar-refractivity contribution in [2.75, 3.05) is 31.1 Å². The van der Waals surface area contributed by atoms with Gasteiger partial charge < -0.3 is 10.0 Å². The lowest BCUT2D eigenvalue weighted by Gasteiger charge is -2.39. The molecule has 1 aromatic heterocycles. The molecule has 18 heavy (non-hydrogen) atoms. The molecular formula is C14H23N3O. The molecule has 2 heterocycles. The van der Waals surface area contributed by atoms with Crippen molar-refractivity contribution >= 4 is 5.69 Å². The Morgan fingerprint density at radius 2 is 2.06 bits per heavy atom. The van der Waals surface area contributed by atoms with Gasteiger partial charge in [-0.1, -0.05) is 6.92 Å². The van der Waals surface area contributed by atoms with E-state index in [4.69, 9.17) is 0 Å². The van der Waals surface area contributed by atoms with Gasteiger partial charge in [-0.25, -0.2) is 0 Å². The Balaban J connectivity index is 2.01. The van der Waals surface area contributed by atoms with Crippen LogP contribution in [0.5, 0.6) is 0 Å². The van der Waals surface area contributed by atoms with E-state index in [2.05, 4.69) is 28.6 Å². The molecule has 1 fully saturated rings. The maximum atomic E-state index is 9.35. The van der Waals surface area contributed by atoms with Crippen LogP contribution < -0.4 is 4.90 Å². The summed E-state index contributed by atoms with van der Waals surface area (Å²) >= 11 is 0. The fraction of sp³-hybridized carbons (Fsp3) is 0.643. The molecule has 0 amide bonds. The van der Waals surface area contributed by atoms with Crippen molar-refractivity contribution in [3.63, 3.8) is 0 Å². The van der Waals surface area contributed by atoms with Crippen LogP contribution in [0.15, 0.2) is 18.5 Å². The van der Waals surface area contributed by atoms with Crippen molar-refractivity contribution in [3.8, 4) is 0 Å². The Labute approximate surface area is 109 Å². The summed E-state index contributed by atoms with van der Waals surface area (Å²) in [5, 5.41) is 9.35. The molecule has 1 N–H and O–H groups in total. The van der Waals surface area contributed by atoms with E-state index in [1.165, 1.54) is 6.42 Å². The summed E-state index contributed by atoms with van der Waals surface area (Å²) in [5.41, 5.74) is 2.06. The number of hydrogen-bond donors (Lipinski definition) is 1. The van der Waals surface area contributed by atoms with Crippen LogP contribution >= 0.6 is 0 Å². The van der Waals surface area contributed by atoms with Crippen LogP contribution in [-0.2, 0) is 6.61 Å². The second kappa shape index (κ2) is 6.16. The van der Waals surface area contributed by atoms with Gasteiger partial charge in [0.2, 0.25) is 0 Å². The number of anilines is 1. The highest BCUT2D eigenvalue weighted by atomic mass is 16.3. The normalized spacial score (nSPS) is 18.9. The van der Waals surface area contributed by atoms with Crippen LogP contribution in [0, 0.1) is 0 Å². The van der Waals surface area contributed by atoms with Crippen LogP contribution in [0.3, 0.4) is 0 Å². The van der Waals surface area contributed by atoms with Crippen molar-refractivity contribution in [1.29, 1.82) is 0 Å². The van der Waals surface area contributed by atoms with Gasteiger partial charge >= 0.3 is 0 Å². The lowest BCUT2D eigenvalue weighted by molar-refractivity contribution is 0.192. The van der Waals surface area contributed by atoms with Crippen molar-refractivity contribution in [2.45, 2.75) is 32.9 Å². The molecule has 1 saturated heterocycles. The van der Waals surface area contributed by atoms with Gasteiger partial charge in [0, 0.05) is 55.9 Å². The van der Waals surface area contributed by atoms with Crippen LogP contribution in [0.2, 0.25) is 0 Å². The largest absolute Gasteiger partial charge is 0.392 e. The van der Waals surface area contributed by atoms with Gasteiger partial charge in [0.1, 0.15) is 0 Å². The minimum Gasteiger partial charge on any atom is -0.392 e. The fourth-order valence-corrected chi connectivity index (χ4v) is 2.51. The number of rotatable bonds is 4. The summed E-state index contributed by atoms with van der Waals surface area (Å²) in [6, 6.07) is 2.67. The third kappa shape index (κ3) is 2.82. The Bertz CT molecular complexity index is 375. The lowest BCUT2D eigenvalue weighted by Crippen LogP contribution is -2.49. The molecule has 1 aliphatic rings. The number of pyridine rings is 1. The van der Waals surface area contributed by atoms with Crippen LogP contribution in [-0.4, -0.2) is 47.2 Å². The zero-order chi connectivity index (χ0) is 13.0. The second-order valence-corrected chi connectivity index (χ2v) is 4.94. The summed E-state index contributed by atoms with van der Waals surface area (Å²) in [6.45, 7) is 8.85. The van der Waals surface area contributed by atoms with Crippen LogP contribution in [0.4, 0.5) is 5.69 Å². The first-order valence-corrected chi connectivity index (χ1v) is 6.79. The van der Waals surface area contributed by atoms with E-state index < -0.39 is 0 Å². The summed E-state index contributed by atoms with van der Waals surface area (Å²) in [7, 11) is 0. The number of aromatic nitrogens is 1. The lowest BCUT2D eigenvalue weighted by atomic mass is 10.1. The van der Waals surface area contributed by atoms with E-state index in [1.807, 2.05) is 6.07 Å². The molecule has 4 heteroatoms. The maximum Gasteiger partial charge on any atom is 0.0717 e. The molecule has 1 aliphatic heterocycles. The first-order chi connectivity index (χ1) is 8.76. The minimum absolute atomic E-state index is 0.0642. The number of piperazine rings is 1. The van der Waals surface area contributed by atoms with Crippen LogP contribution in [0.25, 0.3) is 0 Å². The van der Waals surface area contributed by atoms with E-state index in [9.17, 15) is 5.11 Å². The predicted octanol–water partition coefficient (Wildman–Crippen LogP) is 1.49. The third-order valence-electron chi connectivity index (χ3n) is 3.92. The molecule has 0 spiro atoms. The Kier molecular flexibility index (Phi) is 4.55. The molecule has 1 aromatic rings. The topological polar surface area (TPSA) is 39.6 Å². The van der Waals surface area contributed by atoms with E-state index in [0.29, 0.717) is 6.04 Å². The summed E-state index contributed by atoms with van der Waals surface area (Å²) in [4.78, 5) is 8.96. The highest BCUT2D eigenvalue weighted by Gasteiger charge is 2.21. The molecular weight excluding hydrogens is 226 g/mol. The molecule has 1 unspecified atom stereocenters. The number of nitrogens with zero attached hydrogens (tertiary/aromatic N) is 3. The molecule has 0 saturated carbocycles. The monoisotopic (exact) mass is 249 g/mol. The highest BCUT2D eigenvalue weighted by molar-refractivity contribution is 5.52. The van der Waals surface area contributed by atoms with E-state index in [1.54, 1.807) is 12.4 Å². The molecule has 1 atom stereocenters. The minimum atomic E-state index is 0.0642. The Hall–Kier alpha value is -1.13. The smallest absolute Gasteiger partial charge is 0.0717 e. The number of aliphatic hydroxyl groups excluding tert-OH is 1. The molecule has 0 radical (unpaired) electrons. The first-order valence-electron chi connectivity index (χ1n) is 6.79. The van der Waals surface area contributed by atoms with Gasteiger partial charge in [-0.2, -0.15) is 0 Å². The zero-order valence-electron chi connectivity index (χ0n) is 11.3. The number of aliphatic hydroxyl groups is 1. The van der Waals surface area contributed by atoms with E-state index in [0.717, 1.165) is 37.4 Å². The van der Waals surface area contributed by atoms with Gasteiger partial charge in [0.05, 0.1) is 6.61 Å². The van der Waals surface area contributed by atoms with Crippen molar-refractivity contribution in [2.24, 2.45) is 0 Å². The SMILES string of the molecule is CCC(C)N1CCN(c2ccncc2CO)CC1. The van der Waals surface area contributed by atoms with Gasteiger partial charge in [-0.05, 0) is 19.4 Å². The van der Waals surface area contributed by atoms with Gasteiger partial charge in [0.25, 0.3) is 0 Å². The molecule has 100 valence electrons. The maximum absolute atomic E-state index is 9.35. The standard InChI is InChI=1S/C14H23N3O/c1-3-12(2)16-6-8-17(9-7-16)14-4-5-15-10-13(14)11-18/h4-5,10,12,18H,3,6-9,11H2,1-2H3. The van der Waals surface area contributed by atoms with E-state index >= 15 is 0 Å². The summed E-state index contributed by atoms with van der Waals surface area (Å²) in [6.07, 6.45) is 4.77. The predicted molar refractivity (Wildman–Crippen MR) is 73.7 cm³/mol. The summed E-state index contributed by atoms with van der Waals surface area (Å²) in [5.74, 6) is 0. The molecule has 0 aromatic carbocycles. The van der Waals surface area contributed by atoms with Gasteiger partial charge in [-0.3, -0.25) is 9.88 Å². The second-order valence-electron chi connectivity index (χ2n) is 4.94. The van der Waals surface area contributed by atoms with Crippen molar-refractivity contribution < 1.29 is 5.11 Å². The molecule has 2 rings (SSSR count). The Morgan fingerprint density at radius 1 is 1.33 bits per heavy atom. The van der Waals surface area contributed by atoms with Crippen molar-refractivity contribution in [3.05, 3.63) is 24.0 Å². The Morgan fingerprint density at radius 3 is 2.67 bits per heavy atom. The molecule has 4 nitrogen and oxygen atoms in total. The van der Waals surface area contributed by atoms with Crippen LogP contribution in [0.1, 0.15) is 25.8 Å². The molecule has 0 aliphatic carbocycles. The average Bonchev–Trinajstić information content (AvgIpc) is 2.46. The fourth-order valence-electron chi connectivity index (χ4n) is 2.51. The average molecular weight is 249 g/mol. The molecule has 0 bridgehead atoms. The van der Waals surface area contributed by atoms with E-state index in [-0.39, 0.29) is 6.61 Å². The zero-order valence-corrected chi connectivity index (χ0v) is 11.3. The number of hydrogen-bond acceptors (Lipinski definition) is 4. The van der Waals surface area contributed by atoms with Gasteiger partial charge in [0.15, 0.2) is 0 Å². The van der Waals surface area contributed by atoms with Gasteiger partial charge in [-0.15, -0.1) is 0 Å². The highest BCUT2D eigenvalue weighted by Crippen LogP contribution is 2.21. The third-order valence-corrected chi connectivity index (χ3v) is 3.92. The summed E-state index contributed by atoms with van der Waals surface area (Å²) < 4.78 is 0. The van der Waals surface area contributed by atoms with Crippen molar-refractivity contribution in [1.82, 2.24) is 9.88 Å². The first kappa shape index (κ1) is 13.3.